The van der Waals surface area contributed by atoms with Gasteiger partial charge in [0.15, 0.2) is 5.60 Å². The number of fused-ring (bicyclic) bond motifs is 2. The molecule has 1 aliphatic carbocycles. The summed E-state index contributed by atoms with van der Waals surface area (Å²) in [6, 6.07) is 0. The van der Waals surface area contributed by atoms with Gasteiger partial charge in [-0.1, -0.05) is 0 Å². The molecule has 0 spiro atoms. The first-order valence-electron chi connectivity index (χ1n) is 3.94. The minimum Gasteiger partial charge on any atom is -0.457 e. The lowest BCUT2D eigenvalue weighted by atomic mass is 9.80. The van der Waals surface area contributed by atoms with Gasteiger partial charge < -0.3 is 25.2 Å². The predicted molar refractivity (Wildman–Crippen MR) is 37.5 cm³/mol. The molecule has 1 aliphatic heterocycles. The average Bonchev–Trinajstić information content (AvgIpc) is 2.37. The molecular formula is C7H10O6. The summed E-state index contributed by atoms with van der Waals surface area (Å²) in [5, 5.41) is 37.3. The van der Waals surface area contributed by atoms with E-state index in [1.54, 1.807) is 0 Å². The first kappa shape index (κ1) is 8.89. The highest BCUT2D eigenvalue weighted by Crippen LogP contribution is 2.38. The number of aliphatic hydroxyl groups excluding tert-OH is 3. The fourth-order valence-electron chi connectivity index (χ4n) is 1.79. The molecular weight excluding hydrogens is 180 g/mol. The second-order valence-corrected chi connectivity index (χ2v) is 3.50. The second-order valence-electron chi connectivity index (χ2n) is 3.50. The largest absolute Gasteiger partial charge is 0.457 e. The normalized spacial score (nSPS) is 54.9. The molecule has 2 fully saturated rings. The SMILES string of the molecule is O=C1O[C@@H]2C[C@@]1(O)[C@H](O)[C@@H](O)[C@H]2O. The van der Waals surface area contributed by atoms with Crippen LogP contribution in [0.1, 0.15) is 6.42 Å². The van der Waals surface area contributed by atoms with E-state index in [-0.39, 0.29) is 6.42 Å². The smallest absolute Gasteiger partial charge is 0.341 e. The summed E-state index contributed by atoms with van der Waals surface area (Å²) < 4.78 is 4.58. The van der Waals surface area contributed by atoms with Crippen LogP contribution in [0.5, 0.6) is 0 Å². The molecule has 6 nitrogen and oxygen atoms in total. The minimum atomic E-state index is -2.05. The summed E-state index contributed by atoms with van der Waals surface area (Å²) in [6.45, 7) is 0. The van der Waals surface area contributed by atoms with Crippen molar-refractivity contribution in [2.45, 2.75) is 36.4 Å². The fraction of sp³-hybridized carbons (Fsp3) is 0.857. The van der Waals surface area contributed by atoms with Crippen LogP contribution in [0.4, 0.5) is 0 Å². The Morgan fingerprint density at radius 2 is 1.92 bits per heavy atom. The molecule has 1 saturated heterocycles. The summed E-state index contributed by atoms with van der Waals surface area (Å²) in [4.78, 5) is 11.0. The van der Waals surface area contributed by atoms with Crippen LogP contribution in [0.15, 0.2) is 0 Å². The van der Waals surface area contributed by atoms with Crippen LogP contribution in [0.2, 0.25) is 0 Å². The number of carbonyl (C=O) groups excluding carboxylic acids is 1. The van der Waals surface area contributed by atoms with E-state index in [0.29, 0.717) is 0 Å². The Morgan fingerprint density at radius 1 is 1.31 bits per heavy atom. The third kappa shape index (κ3) is 0.939. The van der Waals surface area contributed by atoms with Crippen LogP contribution in [-0.2, 0) is 9.53 Å². The van der Waals surface area contributed by atoms with Crippen molar-refractivity contribution in [2.24, 2.45) is 0 Å². The van der Waals surface area contributed by atoms with Crippen LogP contribution in [0, 0.1) is 0 Å². The molecule has 1 heterocycles. The Hall–Kier alpha value is -0.690. The zero-order valence-corrected chi connectivity index (χ0v) is 6.62. The first-order valence-corrected chi connectivity index (χ1v) is 3.94. The standard InChI is InChI=1S/C7H10O6/c8-3-2-1-7(12,6(11)13-2)5(10)4(3)9/h2-5,8-10,12H,1H2/t2-,3+,4+,5-,7-/m1/s1. The molecule has 0 aromatic heterocycles. The number of hydrogen-bond donors (Lipinski definition) is 4. The van der Waals surface area contributed by atoms with Crippen molar-refractivity contribution in [1.82, 2.24) is 0 Å². The monoisotopic (exact) mass is 190 g/mol. The van der Waals surface area contributed by atoms with Crippen LogP contribution in [0.3, 0.4) is 0 Å². The van der Waals surface area contributed by atoms with Gasteiger partial charge >= 0.3 is 5.97 Å². The van der Waals surface area contributed by atoms with E-state index in [9.17, 15) is 25.2 Å². The molecule has 1 saturated carbocycles. The summed E-state index contributed by atoms with van der Waals surface area (Å²) >= 11 is 0. The summed E-state index contributed by atoms with van der Waals surface area (Å²) in [5.41, 5.74) is -2.05. The van der Waals surface area contributed by atoms with Crippen LogP contribution >= 0.6 is 0 Å². The Kier molecular flexibility index (Phi) is 1.65. The molecule has 2 rings (SSSR count). The van der Waals surface area contributed by atoms with Gasteiger partial charge in [-0.15, -0.1) is 0 Å². The van der Waals surface area contributed by atoms with Crippen LogP contribution in [0.25, 0.3) is 0 Å². The van der Waals surface area contributed by atoms with Gasteiger partial charge in [0, 0.05) is 6.42 Å². The Bertz CT molecular complexity index is 253. The highest BCUT2D eigenvalue weighted by Gasteiger charge is 2.62. The first-order chi connectivity index (χ1) is 5.97. The lowest BCUT2D eigenvalue weighted by Crippen LogP contribution is -2.60. The van der Waals surface area contributed by atoms with E-state index < -0.39 is 36.0 Å². The van der Waals surface area contributed by atoms with Crippen molar-refractivity contribution >= 4 is 5.97 Å². The maximum Gasteiger partial charge on any atom is 0.341 e. The van der Waals surface area contributed by atoms with Crippen LogP contribution in [-0.4, -0.2) is 56.4 Å². The molecule has 74 valence electrons. The molecule has 0 unspecified atom stereocenters. The molecule has 4 N–H and O–H groups in total. The summed E-state index contributed by atoms with van der Waals surface area (Å²) in [5.74, 6) is -0.986. The van der Waals surface area contributed by atoms with Gasteiger partial charge in [-0.3, -0.25) is 0 Å². The van der Waals surface area contributed by atoms with Gasteiger partial charge in [0.25, 0.3) is 0 Å². The highest BCUT2D eigenvalue weighted by molar-refractivity contribution is 5.83. The Morgan fingerprint density at radius 3 is 2.54 bits per heavy atom. The molecule has 13 heavy (non-hydrogen) atoms. The van der Waals surface area contributed by atoms with Gasteiger partial charge in [0.1, 0.15) is 24.4 Å². The van der Waals surface area contributed by atoms with E-state index in [4.69, 9.17) is 0 Å². The van der Waals surface area contributed by atoms with Crippen molar-refractivity contribution in [3.8, 4) is 0 Å². The van der Waals surface area contributed by atoms with E-state index in [2.05, 4.69) is 4.74 Å². The average molecular weight is 190 g/mol. The maximum atomic E-state index is 11.0. The zero-order chi connectivity index (χ0) is 9.80. The van der Waals surface area contributed by atoms with Crippen molar-refractivity contribution in [3.63, 3.8) is 0 Å². The predicted octanol–water partition coefficient (Wildman–Crippen LogP) is -2.87. The molecule has 2 bridgehead atoms. The molecule has 5 atom stereocenters. The topological polar surface area (TPSA) is 107 Å². The molecule has 6 heteroatoms. The third-order valence-corrected chi connectivity index (χ3v) is 2.67. The van der Waals surface area contributed by atoms with E-state index in [1.807, 2.05) is 0 Å². The molecule has 0 aromatic carbocycles. The van der Waals surface area contributed by atoms with Crippen molar-refractivity contribution in [1.29, 1.82) is 0 Å². The van der Waals surface area contributed by atoms with Gasteiger partial charge in [0.2, 0.25) is 0 Å². The highest BCUT2D eigenvalue weighted by atomic mass is 16.6. The zero-order valence-electron chi connectivity index (χ0n) is 6.62. The number of aliphatic hydroxyl groups is 4. The Balaban J connectivity index is 2.36. The minimum absolute atomic E-state index is 0.175. The third-order valence-electron chi connectivity index (χ3n) is 2.67. The summed E-state index contributed by atoms with van der Waals surface area (Å²) in [7, 11) is 0. The van der Waals surface area contributed by atoms with Gasteiger partial charge in [-0.05, 0) is 0 Å². The lowest BCUT2D eigenvalue weighted by molar-refractivity contribution is -0.178. The van der Waals surface area contributed by atoms with E-state index >= 15 is 0 Å². The van der Waals surface area contributed by atoms with E-state index in [1.165, 1.54) is 0 Å². The number of hydrogen-bond acceptors (Lipinski definition) is 6. The molecule has 0 radical (unpaired) electrons. The molecule has 0 aromatic rings. The quantitative estimate of drug-likeness (QED) is 0.306. The maximum absolute atomic E-state index is 11.0. The van der Waals surface area contributed by atoms with Crippen LogP contribution < -0.4 is 0 Å². The Labute approximate surface area is 73.4 Å². The second kappa shape index (κ2) is 2.42. The number of esters is 1. The number of rotatable bonds is 0. The summed E-state index contributed by atoms with van der Waals surface area (Å²) in [6.07, 6.45) is -5.66. The van der Waals surface area contributed by atoms with Gasteiger partial charge in [0.05, 0.1) is 0 Å². The van der Waals surface area contributed by atoms with Crippen molar-refractivity contribution in [2.75, 3.05) is 0 Å². The lowest BCUT2D eigenvalue weighted by Gasteiger charge is -2.35. The molecule has 2 aliphatic rings. The van der Waals surface area contributed by atoms with Gasteiger partial charge in [-0.2, -0.15) is 0 Å². The number of carbonyl (C=O) groups is 1. The van der Waals surface area contributed by atoms with Crippen molar-refractivity contribution in [3.05, 3.63) is 0 Å². The fourth-order valence-corrected chi connectivity index (χ4v) is 1.79. The molecule has 0 amide bonds. The van der Waals surface area contributed by atoms with Gasteiger partial charge in [-0.25, -0.2) is 4.79 Å². The number of ether oxygens (including phenoxy) is 1. The van der Waals surface area contributed by atoms with E-state index in [0.717, 1.165) is 0 Å². The van der Waals surface area contributed by atoms with Crippen molar-refractivity contribution < 1.29 is 30.0 Å².